The Bertz CT molecular complexity index is 1350. The first-order valence-electron chi connectivity index (χ1n) is 13.2. The summed E-state index contributed by atoms with van der Waals surface area (Å²) in [6, 6.07) is 15.6. The summed E-state index contributed by atoms with van der Waals surface area (Å²) in [7, 11) is 0. The third-order valence-electron chi connectivity index (χ3n) is 8.52. The molecule has 4 rings (SSSR count). The van der Waals surface area contributed by atoms with Crippen LogP contribution in [0.25, 0.3) is 22.3 Å². The number of anilines is 1. The molecule has 0 bridgehead atoms. The molecule has 0 fully saturated rings. The highest BCUT2D eigenvalue weighted by atomic mass is 15.4. The van der Waals surface area contributed by atoms with Gasteiger partial charge in [-0.2, -0.15) is 5.11 Å². The van der Waals surface area contributed by atoms with E-state index in [0.717, 1.165) is 16.8 Å². The second-order valence-corrected chi connectivity index (χ2v) is 11.2. The predicted molar refractivity (Wildman–Crippen MR) is 159 cm³/mol. The number of allylic oxidation sites excluding steroid dienone is 2. The molecule has 0 spiro atoms. The van der Waals surface area contributed by atoms with E-state index in [4.69, 9.17) is 10.3 Å². The second kappa shape index (κ2) is 9.78. The lowest BCUT2D eigenvalue weighted by Crippen LogP contribution is -2.22. The van der Waals surface area contributed by atoms with Crippen molar-refractivity contribution in [3.63, 3.8) is 0 Å². The zero-order chi connectivity index (χ0) is 27.2. The summed E-state index contributed by atoms with van der Waals surface area (Å²) < 4.78 is 0. The third kappa shape index (κ3) is 4.56. The van der Waals surface area contributed by atoms with E-state index in [2.05, 4.69) is 124 Å². The number of hydrogen-bond donors (Lipinski definition) is 1. The molecule has 192 valence electrons. The maximum atomic E-state index is 4.90. The van der Waals surface area contributed by atoms with Crippen molar-refractivity contribution in [2.45, 2.75) is 81.7 Å². The fraction of sp³-hybridized carbons (Fsp3) is 0.353. The van der Waals surface area contributed by atoms with Crippen LogP contribution in [0.1, 0.15) is 68.0 Å². The van der Waals surface area contributed by atoms with Crippen molar-refractivity contribution in [1.29, 1.82) is 0 Å². The molecule has 0 atom stereocenters. The molecule has 3 aromatic rings. The number of aryl methyl sites for hydroxylation is 6. The van der Waals surface area contributed by atoms with Gasteiger partial charge in [0, 0.05) is 11.1 Å². The highest BCUT2D eigenvalue weighted by Gasteiger charge is 2.36. The van der Waals surface area contributed by atoms with Gasteiger partial charge in [0.2, 0.25) is 0 Å². The molecule has 0 aliphatic heterocycles. The van der Waals surface area contributed by atoms with Gasteiger partial charge in [-0.05, 0) is 132 Å². The maximum Gasteiger partial charge on any atom is 0.123 e. The van der Waals surface area contributed by atoms with Gasteiger partial charge in [-0.15, -0.1) is 0 Å². The summed E-state index contributed by atoms with van der Waals surface area (Å²) in [6.07, 6.45) is 0. The molecule has 3 aromatic carbocycles. The molecule has 0 saturated heterocycles. The Kier molecular flexibility index (Phi) is 7.03. The van der Waals surface area contributed by atoms with Crippen LogP contribution in [0.4, 0.5) is 5.69 Å². The van der Waals surface area contributed by atoms with Gasteiger partial charge in [-0.1, -0.05) is 58.8 Å². The average Bonchev–Trinajstić information content (AvgIpc) is 2.94. The molecule has 0 amide bonds. The average molecular weight is 492 g/mol. The fourth-order valence-electron chi connectivity index (χ4n) is 6.20. The molecule has 0 unspecified atom stereocenters. The van der Waals surface area contributed by atoms with Gasteiger partial charge in [-0.3, -0.25) is 5.43 Å². The van der Waals surface area contributed by atoms with E-state index in [1.165, 1.54) is 66.8 Å². The Morgan fingerprint density at radius 2 is 0.973 bits per heavy atom. The monoisotopic (exact) mass is 491 g/mol. The summed E-state index contributed by atoms with van der Waals surface area (Å²) in [6.45, 7) is 24.0. The Hall–Kier alpha value is -3.46. The van der Waals surface area contributed by atoms with Crippen molar-refractivity contribution < 1.29 is 0 Å². The summed E-state index contributed by atoms with van der Waals surface area (Å²) >= 11 is 0. The minimum Gasteiger partial charge on any atom is -0.259 e. The fourth-order valence-corrected chi connectivity index (χ4v) is 6.20. The molecule has 1 N–H and O–H groups in total. The van der Waals surface area contributed by atoms with Crippen molar-refractivity contribution in [3.05, 3.63) is 98.1 Å². The van der Waals surface area contributed by atoms with E-state index >= 15 is 0 Å². The number of benzene rings is 3. The highest BCUT2D eigenvalue weighted by molar-refractivity contribution is 5.93. The van der Waals surface area contributed by atoms with Crippen LogP contribution in [0.5, 0.6) is 0 Å². The summed E-state index contributed by atoms with van der Waals surface area (Å²) in [4.78, 5) is 0. The molecule has 1 aliphatic carbocycles. The first kappa shape index (κ1) is 26.6. The number of rotatable bonds is 5. The lowest BCUT2D eigenvalue weighted by atomic mass is 9.87. The van der Waals surface area contributed by atoms with Crippen molar-refractivity contribution in [2.24, 2.45) is 10.3 Å². The minimum absolute atomic E-state index is 0.429. The smallest absolute Gasteiger partial charge is 0.123 e. The summed E-state index contributed by atoms with van der Waals surface area (Å²) in [5.41, 5.74) is 21.6. The van der Waals surface area contributed by atoms with Crippen LogP contribution in [0.3, 0.4) is 0 Å². The molecule has 0 saturated carbocycles. The van der Waals surface area contributed by atoms with Crippen molar-refractivity contribution in [2.75, 3.05) is 5.43 Å². The van der Waals surface area contributed by atoms with E-state index in [1.54, 1.807) is 0 Å². The lowest BCUT2D eigenvalue weighted by Gasteiger charge is -2.23. The molecule has 3 nitrogen and oxygen atoms in total. The molecular weight excluding hydrogens is 450 g/mol. The summed E-state index contributed by atoms with van der Waals surface area (Å²) in [5.74, 6) is 0. The number of para-hydroxylation sites is 1. The minimum atomic E-state index is -0.429. The van der Waals surface area contributed by atoms with Gasteiger partial charge in [0.15, 0.2) is 0 Å². The van der Waals surface area contributed by atoms with Crippen molar-refractivity contribution >= 4 is 5.69 Å². The predicted octanol–water partition coefficient (Wildman–Crippen LogP) is 10.1. The van der Waals surface area contributed by atoms with E-state index in [-0.39, 0.29) is 0 Å². The molecular formula is C34H41N3. The topological polar surface area (TPSA) is 36.8 Å². The van der Waals surface area contributed by atoms with Crippen LogP contribution in [0, 0.1) is 41.5 Å². The molecule has 1 aliphatic rings. The first-order valence-corrected chi connectivity index (χ1v) is 13.2. The van der Waals surface area contributed by atoms with Crippen LogP contribution in [-0.2, 0) is 0 Å². The van der Waals surface area contributed by atoms with Gasteiger partial charge in [0.25, 0.3) is 0 Å². The van der Waals surface area contributed by atoms with Gasteiger partial charge in [0.05, 0.1) is 5.69 Å². The number of nitrogens with one attached hydrogen (secondary N) is 1. The van der Waals surface area contributed by atoms with Crippen LogP contribution < -0.4 is 5.43 Å². The van der Waals surface area contributed by atoms with Gasteiger partial charge in [0.1, 0.15) is 5.54 Å². The van der Waals surface area contributed by atoms with Crippen LogP contribution in [0.2, 0.25) is 0 Å². The zero-order valence-electron chi connectivity index (χ0n) is 24.4. The lowest BCUT2D eigenvalue weighted by molar-refractivity contribution is 0.612. The Morgan fingerprint density at radius 3 is 1.35 bits per heavy atom. The standard InChI is InChI=1S/C34H41N3/c1-19-15-21(3)31(22(4)16-19)29-13-12-14-30(32-23(5)17-20(2)18-24(32)6)33(29)35-37-36-34(11)27(9)25(7)26(8)28(34)10/h12-18H,1-11H3,(H,35,36). The Labute approximate surface area is 223 Å². The Morgan fingerprint density at radius 1 is 0.595 bits per heavy atom. The highest BCUT2D eigenvalue weighted by Crippen LogP contribution is 2.44. The van der Waals surface area contributed by atoms with E-state index in [9.17, 15) is 0 Å². The molecule has 0 aromatic heterocycles. The number of nitrogens with zero attached hydrogens (tertiary/aromatic N) is 2. The van der Waals surface area contributed by atoms with Crippen LogP contribution in [0.15, 0.2) is 75.1 Å². The van der Waals surface area contributed by atoms with E-state index in [0.29, 0.717) is 0 Å². The van der Waals surface area contributed by atoms with Crippen LogP contribution >= 0.6 is 0 Å². The largest absolute Gasteiger partial charge is 0.259 e. The van der Waals surface area contributed by atoms with E-state index in [1.807, 2.05) is 0 Å². The molecule has 0 radical (unpaired) electrons. The molecule has 0 heterocycles. The SMILES string of the molecule is CC1=C(C)C(C)(N=NNc2c(-c3c(C)cc(C)cc3C)cccc2-c2c(C)cc(C)cc2C)C(C)=C1C. The van der Waals surface area contributed by atoms with E-state index < -0.39 is 5.54 Å². The quantitative estimate of drug-likeness (QED) is 0.280. The molecule has 37 heavy (non-hydrogen) atoms. The second-order valence-electron chi connectivity index (χ2n) is 11.2. The van der Waals surface area contributed by atoms with Gasteiger partial charge < -0.3 is 0 Å². The number of hydrogen-bond acceptors (Lipinski definition) is 2. The van der Waals surface area contributed by atoms with Crippen LogP contribution in [-0.4, -0.2) is 5.54 Å². The maximum absolute atomic E-state index is 4.90. The zero-order valence-corrected chi connectivity index (χ0v) is 24.4. The van der Waals surface area contributed by atoms with Gasteiger partial charge in [-0.25, -0.2) is 0 Å². The van der Waals surface area contributed by atoms with Crippen molar-refractivity contribution in [1.82, 2.24) is 0 Å². The van der Waals surface area contributed by atoms with Crippen molar-refractivity contribution in [3.8, 4) is 22.3 Å². The third-order valence-corrected chi connectivity index (χ3v) is 8.52. The molecule has 3 heteroatoms. The summed E-state index contributed by atoms with van der Waals surface area (Å²) in [5, 5.41) is 9.60. The van der Waals surface area contributed by atoms with Gasteiger partial charge >= 0.3 is 0 Å². The Balaban J connectivity index is 1.93. The normalized spacial score (nSPS) is 15.3. The first-order chi connectivity index (χ1) is 17.4.